The molecule has 19 heavy (non-hydrogen) atoms. The highest BCUT2D eigenvalue weighted by Crippen LogP contribution is 2.15. The fraction of sp³-hybridized carbons (Fsp3) is 0.333. The Morgan fingerprint density at radius 3 is 2.42 bits per heavy atom. The highest BCUT2D eigenvalue weighted by Gasteiger charge is 2.21. The van der Waals surface area contributed by atoms with Gasteiger partial charge in [-0.15, -0.1) is 10.2 Å². The third kappa shape index (κ3) is 3.33. The Kier molecular flexibility index (Phi) is 4.21. The van der Waals surface area contributed by atoms with Crippen LogP contribution < -0.4 is 0 Å². The number of hydrogen-bond donors (Lipinski definition) is 0. The monoisotopic (exact) mass is 299 g/mol. The summed E-state index contributed by atoms with van der Waals surface area (Å²) in [5.41, 5.74) is 1.17. The summed E-state index contributed by atoms with van der Waals surface area (Å²) in [6.07, 6.45) is 1.40. The number of benzene rings is 1. The van der Waals surface area contributed by atoms with Crippen LogP contribution in [0.2, 0.25) is 0 Å². The average molecular weight is 300 g/mol. The van der Waals surface area contributed by atoms with E-state index in [1.807, 2.05) is 37.3 Å². The second-order valence-electron chi connectivity index (χ2n) is 4.07. The number of hydrogen-bond acceptors (Lipinski definition) is 4. The van der Waals surface area contributed by atoms with Gasteiger partial charge in [0.1, 0.15) is 5.82 Å². The normalized spacial score (nSPS) is 11.7. The number of aryl methyl sites for hydroxylation is 2. The van der Waals surface area contributed by atoms with Crippen molar-refractivity contribution in [3.63, 3.8) is 0 Å². The van der Waals surface area contributed by atoms with Crippen molar-refractivity contribution in [3.05, 3.63) is 41.7 Å². The maximum absolute atomic E-state index is 11.3. The highest BCUT2D eigenvalue weighted by molar-refractivity contribution is 8.13. The molecule has 0 atom stereocenters. The first-order chi connectivity index (χ1) is 9.02. The molecule has 0 spiro atoms. The van der Waals surface area contributed by atoms with Crippen molar-refractivity contribution in [2.75, 3.05) is 0 Å². The van der Waals surface area contributed by atoms with Gasteiger partial charge in [0.2, 0.25) is 0 Å². The molecule has 0 aliphatic heterocycles. The van der Waals surface area contributed by atoms with E-state index in [0.717, 1.165) is 6.42 Å². The summed E-state index contributed by atoms with van der Waals surface area (Å²) >= 11 is 0. The topological polar surface area (TPSA) is 64.8 Å². The Bertz CT molecular complexity index is 653. The fourth-order valence-electron chi connectivity index (χ4n) is 1.90. The zero-order valence-corrected chi connectivity index (χ0v) is 12.0. The summed E-state index contributed by atoms with van der Waals surface area (Å²) in [7, 11) is 1.48. The van der Waals surface area contributed by atoms with Crippen molar-refractivity contribution in [2.24, 2.45) is 0 Å². The van der Waals surface area contributed by atoms with E-state index in [1.165, 1.54) is 10.1 Å². The molecule has 0 fully saturated rings. The molecule has 1 aromatic heterocycles. The van der Waals surface area contributed by atoms with Crippen molar-refractivity contribution < 1.29 is 8.42 Å². The van der Waals surface area contributed by atoms with Crippen LogP contribution in [0.25, 0.3) is 0 Å². The second-order valence-corrected chi connectivity index (χ2v) is 6.53. The maximum atomic E-state index is 11.3. The summed E-state index contributed by atoms with van der Waals surface area (Å²) in [5, 5.41) is 7.40. The molecule has 1 heterocycles. The van der Waals surface area contributed by atoms with E-state index in [4.69, 9.17) is 10.7 Å². The first kappa shape index (κ1) is 14.0. The molecule has 2 aromatic rings. The van der Waals surface area contributed by atoms with Crippen molar-refractivity contribution in [2.45, 2.75) is 31.5 Å². The molecular formula is C12H14ClN3O2S. The summed E-state index contributed by atoms with van der Waals surface area (Å²) in [5.74, 6) is 0.630. The standard InChI is InChI=1S/C12H14ClN3O2S/c1-2-16-11(14-15-12(16)19(13,17)18)9-8-10-6-4-3-5-7-10/h3-7H,2,8-9H2,1H3. The van der Waals surface area contributed by atoms with Crippen LogP contribution in [0, 0.1) is 0 Å². The SMILES string of the molecule is CCn1c(CCc2ccccc2)nnc1S(=O)(=O)Cl. The minimum atomic E-state index is -3.85. The van der Waals surface area contributed by atoms with E-state index >= 15 is 0 Å². The first-order valence-corrected chi connectivity index (χ1v) is 8.24. The Balaban J connectivity index is 2.20. The summed E-state index contributed by atoms with van der Waals surface area (Å²) in [6, 6.07) is 9.93. The predicted molar refractivity (Wildman–Crippen MR) is 72.6 cm³/mol. The molecule has 102 valence electrons. The van der Waals surface area contributed by atoms with Gasteiger partial charge in [0, 0.05) is 23.6 Å². The van der Waals surface area contributed by atoms with Crippen LogP contribution >= 0.6 is 10.7 Å². The molecule has 0 bridgehead atoms. The molecule has 5 nitrogen and oxygen atoms in total. The Hall–Kier alpha value is -1.40. The lowest BCUT2D eigenvalue weighted by molar-refractivity contribution is 0.574. The second kappa shape index (κ2) is 5.71. The lowest BCUT2D eigenvalue weighted by atomic mass is 10.1. The summed E-state index contributed by atoms with van der Waals surface area (Å²) < 4.78 is 24.2. The van der Waals surface area contributed by atoms with Gasteiger partial charge in [0.05, 0.1) is 0 Å². The van der Waals surface area contributed by atoms with Gasteiger partial charge in [0.25, 0.3) is 14.2 Å². The highest BCUT2D eigenvalue weighted by atomic mass is 35.7. The largest absolute Gasteiger partial charge is 0.301 e. The van der Waals surface area contributed by atoms with Gasteiger partial charge >= 0.3 is 0 Å². The predicted octanol–water partition coefficient (Wildman–Crippen LogP) is 2.01. The van der Waals surface area contributed by atoms with Crippen LogP contribution in [0.5, 0.6) is 0 Å². The quantitative estimate of drug-likeness (QED) is 0.792. The van der Waals surface area contributed by atoms with Crippen molar-refractivity contribution in [1.29, 1.82) is 0 Å². The minimum Gasteiger partial charge on any atom is -0.301 e. The van der Waals surface area contributed by atoms with Crippen molar-refractivity contribution in [3.8, 4) is 0 Å². The fourth-order valence-corrected chi connectivity index (χ4v) is 2.88. The smallest absolute Gasteiger partial charge is 0.296 e. The van der Waals surface area contributed by atoms with Gasteiger partial charge in [-0.3, -0.25) is 0 Å². The zero-order chi connectivity index (χ0) is 13.9. The van der Waals surface area contributed by atoms with Gasteiger partial charge in [-0.2, -0.15) is 0 Å². The lowest BCUT2D eigenvalue weighted by Crippen LogP contribution is -2.09. The van der Waals surface area contributed by atoms with Crippen molar-refractivity contribution >= 4 is 19.7 Å². The molecule has 7 heteroatoms. The van der Waals surface area contributed by atoms with E-state index in [2.05, 4.69) is 10.2 Å². The number of halogens is 1. The molecule has 0 radical (unpaired) electrons. The minimum absolute atomic E-state index is 0.181. The van der Waals surface area contributed by atoms with Crippen LogP contribution in [0.1, 0.15) is 18.3 Å². The molecule has 1 aromatic carbocycles. The molecule has 0 aliphatic carbocycles. The van der Waals surface area contributed by atoms with Crippen LogP contribution in [-0.2, 0) is 28.4 Å². The Morgan fingerprint density at radius 2 is 1.84 bits per heavy atom. The summed E-state index contributed by atoms with van der Waals surface area (Å²) in [6.45, 7) is 2.30. The lowest BCUT2D eigenvalue weighted by Gasteiger charge is -2.05. The molecular weight excluding hydrogens is 286 g/mol. The van der Waals surface area contributed by atoms with E-state index < -0.39 is 9.05 Å². The van der Waals surface area contributed by atoms with Crippen LogP contribution in [0.4, 0.5) is 0 Å². The summed E-state index contributed by atoms with van der Waals surface area (Å²) in [4.78, 5) is 0. The average Bonchev–Trinajstić information content (AvgIpc) is 2.80. The van der Waals surface area contributed by atoms with Gasteiger partial charge < -0.3 is 4.57 Å². The molecule has 0 saturated heterocycles. The van der Waals surface area contributed by atoms with Gasteiger partial charge in [0.15, 0.2) is 0 Å². The molecule has 0 N–H and O–H groups in total. The van der Waals surface area contributed by atoms with Gasteiger partial charge in [-0.05, 0) is 18.9 Å². The van der Waals surface area contributed by atoms with Crippen molar-refractivity contribution in [1.82, 2.24) is 14.8 Å². The van der Waals surface area contributed by atoms with Crippen LogP contribution in [0.3, 0.4) is 0 Å². The van der Waals surface area contributed by atoms with Gasteiger partial charge in [-0.1, -0.05) is 30.3 Å². The van der Waals surface area contributed by atoms with E-state index in [9.17, 15) is 8.42 Å². The van der Waals surface area contributed by atoms with Gasteiger partial charge in [-0.25, -0.2) is 8.42 Å². The number of rotatable bonds is 5. The molecule has 0 aliphatic rings. The number of nitrogens with zero attached hydrogens (tertiary/aromatic N) is 3. The van der Waals surface area contributed by atoms with E-state index in [0.29, 0.717) is 18.8 Å². The molecule has 0 saturated carbocycles. The van der Waals surface area contributed by atoms with Crippen LogP contribution in [-0.4, -0.2) is 23.2 Å². The van der Waals surface area contributed by atoms with E-state index in [-0.39, 0.29) is 5.16 Å². The molecule has 0 amide bonds. The Labute approximate surface area is 116 Å². The van der Waals surface area contributed by atoms with E-state index in [1.54, 1.807) is 0 Å². The third-order valence-electron chi connectivity index (χ3n) is 2.81. The number of aromatic nitrogens is 3. The maximum Gasteiger partial charge on any atom is 0.296 e. The van der Waals surface area contributed by atoms with Crippen LogP contribution in [0.15, 0.2) is 35.5 Å². The molecule has 0 unspecified atom stereocenters. The first-order valence-electron chi connectivity index (χ1n) is 5.93. The zero-order valence-electron chi connectivity index (χ0n) is 10.5. The molecule has 2 rings (SSSR count). The Morgan fingerprint density at radius 1 is 1.16 bits per heavy atom. The third-order valence-corrected chi connectivity index (χ3v) is 3.96.